The predicted molar refractivity (Wildman–Crippen MR) is 259 cm³/mol. The van der Waals surface area contributed by atoms with E-state index in [-0.39, 0.29) is 17.0 Å². The van der Waals surface area contributed by atoms with Crippen LogP contribution >= 0.6 is 0 Å². The van der Waals surface area contributed by atoms with Gasteiger partial charge in [0.15, 0.2) is 0 Å². The van der Waals surface area contributed by atoms with E-state index in [0.717, 1.165) is 137 Å². The van der Waals surface area contributed by atoms with Gasteiger partial charge >= 0.3 is 0 Å². The van der Waals surface area contributed by atoms with Gasteiger partial charge in [-0.2, -0.15) is 0 Å². The molecule has 3 aromatic heterocycles. The zero-order valence-electron chi connectivity index (χ0n) is 38.1. The molecule has 4 aromatic carbocycles. The topological polar surface area (TPSA) is 103 Å². The molecule has 13 nitrogen and oxygen atoms in total. The van der Waals surface area contributed by atoms with Gasteiger partial charge in [0.1, 0.15) is 11.6 Å². The molecule has 7 heterocycles. The number of nitrogens with zero attached hydrogens (tertiary/aromatic N) is 8. The Bertz CT molecular complexity index is 2550. The fourth-order valence-electron chi connectivity index (χ4n) is 10.6. The Morgan fingerprint density at radius 2 is 0.985 bits per heavy atom. The van der Waals surface area contributed by atoms with Crippen LogP contribution in [0.5, 0.6) is 0 Å². The van der Waals surface area contributed by atoms with E-state index in [1.54, 1.807) is 0 Å². The number of benzene rings is 4. The monoisotopic (exact) mass is 944 g/mol. The van der Waals surface area contributed by atoms with Crippen molar-refractivity contribution in [3.05, 3.63) is 72.8 Å². The van der Waals surface area contributed by atoms with Gasteiger partial charge in [-0.1, -0.05) is 0 Å². The molecule has 11 rings (SSSR count). The fourth-order valence-corrected chi connectivity index (χ4v) is 10.6. The summed E-state index contributed by atoms with van der Waals surface area (Å²) in [6.07, 6.45) is 4.95. The van der Waals surface area contributed by atoms with Crippen molar-refractivity contribution in [3.63, 3.8) is 0 Å². The second-order valence-electron chi connectivity index (χ2n) is 18.9. The van der Waals surface area contributed by atoms with Crippen molar-refractivity contribution in [1.82, 2.24) is 34.3 Å². The molecule has 0 amide bonds. The van der Waals surface area contributed by atoms with Crippen LogP contribution in [-0.4, -0.2) is 171 Å². The average molecular weight is 946 g/mol. The summed E-state index contributed by atoms with van der Waals surface area (Å²) >= 11 is 0. The molecule has 4 saturated heterocycles. The molecule has 65 heavy (non-hydrogen) atoms. The van der Waals surface area contributed by atoms with Crippen LogP contribution < -0.4 is 26.8 Å². The molecule has 4 aliphatic heterocycles. The number of fused-ring (bicyclic) bond motifs is 5. The Labute approximate surface area is 393 Å². The lowest BCUT2D eigenvalue weighted by Gasteiger charge is -2.42. The summed E-state index contributed by atoms with van der Waals surface area (Å²) in [5.41, 5.74) is 11.2. The normalized spacial score (nSPS) is 18.9. The van der Waals surface area contributed by atoms with Gasteiger partial charge in [-0.25, -0.2) is 9.97 Å². The van der Waals surface area contributed by atoms with Crippen molar-refractivity contribution in [3.8, 4) is 22.8 Å². The maximum atomic E-state index is 5.61. The fraction of sp³-hybridized carbons (Fsp3) is 0.490. The molecule has 14 heteroatoms. The third-order valence-electron chi connectivity index (χ3n) is 14.6. The zero-order chi connectivity index (χ0) is 42.9. The summed E-state index contributed by atoms with van der Waals surface area (Å²) in [7, 11) is 2.48. The van der Waals surface area contributed by atoms with E-state index in [0.29, 0.717) is 0 Å². The molecule has 0 unspecified atom stereocenters. The number of anilines is 2. The number of rotatable bonds is 14. The van der Waals surface area contributed by atoms with Gasteiger partial charge in [-0.3, -0.25) is 9.80 Å². The molecular weight excluding hydrogens is 881 g/mol. The smallest absolute Gasteiger partial charge is 0.138 e. The third-order valence-corrected chi connectivity index (χ3v) is 14.6. The van der Waals surface area contributed by atoms with Crippen molar-refractivity contribution < 1.29 is 35.7 Å². The molecule has 0 saturated carbocycles. The Kier molecular flexibility index (Phi) is 13.5. The summed E-state index contributed by atoms with van der Waals surface area (Å²) in [6.45, 7) is 20.3. The van der Waals surface area contributed by atoms with Crippen LogP contribution in [0.4, 0.5) is 11.4 Å². The lowest BCUT2D eigenvalue weighted by atomic mass is 10.1. The van der Waals surface area contributed by atoms with E-state index < -0.39 is 0 Å². The summed E-state index contributed by atoms with van der Waals surface area (Å²) in [4.78, 5) is 27.6. The number of imidazole rings is 2. The molecule has 0 bridgehead atoms. The highest BCUT2D eigenvalue weighted by molar-refractivity contribution is 6.10. The van der Waals surface area contributed by atoms with Gasteiger partial charge in [0, 0.05) is 103 Å². The lowest BCUT2D eigenvalue weighted by molar-refractivity contribution is -0.913. The largest absolute Gasteiger partial charge is 1.00 e. The molecular formula is C51H65BrN10O3. The van der Waals surface area contributed by atoms with E-state index >= 15 is 0 Å². The Morgan fingerprint density at radius 3 is 1.51 bits per heavy atom. The van der Waals surface area contributed by atoms with Crippen molar-refractivity contribution in [1.29, 1.82) is 0 Å². The van der Waals surface area contributed by atoms with Gasteiger partial charge in [0.05, 0.1) is 88.4 Å². The highest BCUT2D eigenvalue weighted by Crippen LogP contribution is 2.36. The molecule has 0 spiro atoms. The van der Waals surface area contributed by atoms with E-state index in [1.807, 2.05) is 0 Å². The number of piperazine rings is 1. The van der Waals surface area contributed by atoms with E-state index in [9.17, 15) is 0 Å². The van der Waals surface area contributed by atoms with E-state index in [2.05, 4.69) is 114 Å². The van der Waals surface area contributed by atoms with Crippen molar-refractivity contribution >= 4 is 55.2 Å². The number of ether oxygens (including phenoxy) is 3. The van der Waals surface area contributed by atoms with E-state index in [4.69, 9.17) is 24.2 Å². The third kappa shape index (κ3) is 9.67. The number of nitrogens with one attached hydrogen (secondary N) is 2. The van der Waals surface area contributed by atoms with Gasteiger partial charge in [0.2, 0.25) is 0 Å². The molecule has 4 aliphatic rings. The van der Waals surface area contributed by atoms with Crippen LogP contribution in [0.25, 0.3) is 66.6 Å². The molecule has 344 valence electrons. The SMILES string of the molecule is C[N+]1(CCCCN2CCOCC2)CCN(CCCCn2c3ccc(-c4nc5ccc(N6CCOCC6)cc5[nH]4)cc3c3cc(-c4nc5ccc(N6CCOCC6)cc5[nH]4)ccc32)CC1.[Br-]. The number of aromatic amines is 2. The first-order valence-corrected chi connectivity index (χ1v) is 24.1. The quantitative estimate of drug-likeness (QED) is 0.123. The lowest BCUT2D eigenvalue weighted by Crippen LogP contribution is -3.00. The number of morpholine rings is 3. The zero-order valence-corrected chi connectivity index (χ0v) is 39.7. The minimum Gasteiger partial charge on any atom is -1.00 e. The minimum atomic E-state index is 0. The second-order valence-corrected chi connectivity index (χ2v) is 18.9. The number of aromatic nitrogens is 5. The van der Waals surface area contributed by atoms with Crippen LogP contribution in [0.2, 0.25) is 0 Å². The number of hydrogen-bond donors (Lipinski definition) is 2. The highest BCUT2D eigenvalue weighted by atomic mass is 79.9. The van der Waals surface area contributed by atoms with Crippen LogP contribution in [0.15, 0.2) is 72.8 Å². The van der Waals surface area contributed by atoms with Crippen LogP contribution in [-0.2, 0) is 20.8 Å². The van der Waals surface area contributed by atoms with Crippen molar-refractivity contribution in [2.24, 2.45) is 0 Å². The Balaban J connectivity index is 0.00000498. The number of unbranched alkanes of at least 4 members (excludes halogenated alkanes) is 2. The Hall–Kier alpha value is -4.54. The molecule has 2 N–H and O–H groups in total. The summed E-state index contributed by atoms with van der Waals surface area (Å²) in [5.74, 6) is 1.79. The molecule has 4 fully saturated rings. The number of H-pyrrole nitrogens is 2. The molecule has 0 atom stereocenters. The molecule has 7 aromatic rings. The highest BCUT2D eigenvalue weighted by Gasteiger charge is 2.28. The minimum absolute atomic E-state index is 0. The van der Waals surface area contributed by atoms with Gasteiger partial charge < -0.3 is 60.0 Å². The predicted octanol–water partition coefficient (Wildman–Crippen LogP) is 4.21. The standard InChI is InChI=1S/C51H65N10O3.BrH/c1-61(25-5-4-15-57-19-28-62-29-20-57)26-17-56(18-27-61)14-2-3-16-60-48-12-6-38(50-52-44-10-8-40(36-46(44)54-50)58-21-30-63-31-22-58)34-42(48)43-35-39(7-13-49(43)60)51-53-45-11-9-41(37-47(45)55-51)59-23-32-64-33-24-59;/h6-13,34-37H,2-5,14-33H2,1H3,(H,52,54)(H,53,55);1H/q+1;/p-1. The maximum Gasteiger partial charge on any atom is 0.138 e. The number of hydrogen-bond acceptors (Lipinski definition) is 9. The number of halogens is 1. The molecule has 0 radical (unpaired) electrons. The van der Waals surface area contributed by atoms with Crippen molar-refractivity contribution in [2.75, 3.05) is 142 Å². The maximum absolute atomic E-state index is 5.61. The van der Waals surface area contributed by atoms with Crippen LogP contribution in [0, 0.1) is 0 Å². The van der Waals surface area contributed by atoms with Crippen LogP contribution in [0.1, 0.15) is 25.7 Å². The van der Waals surface area contributed by atoms with Crippen LogP contribution in [0.3, 0.4) is 0 Å². The van der Waals surface area contributed by atoms with Crippen molar-refractivity contribution in [2.45, 2.75) is 32.2 Å². The first-order chi connectivity index (χ1) is 31.5. The average Bonchev–Trinajstić information content (AvgIpc) is 4.07. The Morgan fingerprint density at radius 1 is 0.523 bits per heavy atom. The van der Waals surface area contributed by atoms with Gasteiger partial charge in [-0.15, -0.1) is 0 Å². The first-order valence-electron chi connectivity index (χ1n) is 24.1. The number of quaternary nitrogens is 1. The number of likely N-dealkylation sites (N-methyl/N-ethyl adjacent to an activating group) is 1. The second kappa shape index (κ2) is 19.7. The summed E-state index contributed by atoms with van der Waals surface area (Å²) in [5, 5.41) is 2.49. The first kappa shape index (κ1) is 44.3. The summed E-state index contributed by atoms with van der Waals surface area (Å²) < 4.78 is 20.5. The van der Waals surface area contributed by atoms with Gasteiger partial charge in [0.25, 0.3) is 0 Å². The summed E-state index contributed by atoms with van der Waals surface area (Å²) in [6, 6.07) is 27.0. The molecule has 0 aliphatic carbocycles. The van der Waals surface area contributed by atoms with Gasteiger partial charge in [-0.05, 0) is 112 Å². The number of aryl methyl sites for hydroxylation is 1. The van der Waals surface area contributed by atoms with E-state index in [1.165, 1.54) is 103 Å².